The number of aromatic nitrogens is 2. The number of rotatable bonds is 5. The fourth-order valence-corrected chi connectivity index (χ4v) is 2.37. The maximum Gasteiger partial charge on any atom is 0.431 e. The largest absolute Gasteiger partial charge is 0.431 e. The Kier molecular flexibility index (Phi) is 6.30. The van der Waals surface area contributed by atoms with Gasteiger partial charge in [0.15, 0.2) is 6.23 Å². The van der Waals surface area contributed by atoms with Gasteiger partial charge in [0.1, 0.15) is 11.5 Å². The second-order valence-corrected chi connectivity index (χ2v) is 6.05. The summed E-state index contributed by atoms with van der Waals surface area (Å²) in [5.74, 6) is -1.08. The highest BCUT2D eigenvalue weighted by Gasteiger charge is 2.35. The van der Waals surface area contributed by atoms with Gasteiger partial charge in [-0.05, 0) is 26.1 Å². The molecule has 0 aliphatic rings. The molecule has 0 amide bonds. The van der Waals surface area contributed by atoms with Gasteiger partial charge in [0.05, 0.1) is 16.9 Å². The van der Waals surface area contributed by atoms with Gasteiger partial charge in [-0.2, -0.15) is 13.2 Å². The summed E-state index contributed by atoms with van der Waals surface area (Å²) < 4.78 is 53.6. The predicted molar refractivity (Wildman–Crippen MR) is 94.5 cm³/mol. The molecule has 1 atom stereocenters. The normalized spacial score (nSPS) is 13.1. The van der Waals surface area contributed by atoms with Crippen LogP contribution in [0.15, 0.2) is 32.9 Å². The zero-order chi connectivity index (χ0) is 21.2. The highest BCUT2D eigenvalue weighted by Crippen LogP contribution is 2.27. The Morgan fingerprint density at radius 3 is 2.50 bits per heavy atom. The minimum absolute atomic E-state index is 0.0789. The molecule has 0 aliphatic heterocycles. The molecular formula is C16H15ClF4N4O3. The van der Waals surface area contributed by atoms with E-state index in [0.717, 1.165) is 25.4 Å². The van der Waals surface area contributed by atoms with Crippen molar-refractivity contribution in [2.24, 2.45) is 12.2 Å². The van der Waals surface area contributed by atoms with Crippen LogP contribution in [0.2, 0.25) is 5.02 Å². The molecule has 2 rings (SSSR count). The maximum absolute atomic E-state index is 14.3. The van der Waals surface area contributed by atoms with Crippen molar-refractivity contribution in [3.05, 3.63) is 61.1 Å². The third-order valence-electron chi connectivity index (χ3n) is 3.73. The highest BCUT2D eigenvalue weighted by molar-refractivity contribution is 6.33. The summed E-state index contributed by atoms with van der Waals surface area (Å²) in [6, 6.07) is 2.02. The van der Waals surface area contributed by atoms with Crippen molar-refractivity contribution in [2.45, 2.75) is 19.3 Å². The Labute approximate surface area is 160 Å². The van der Waals surface area contributed by atoms with E-state index in [1.54, 1.807) is 14.0 Å². The molecule has 0 fully saturated rings. The third-order valence-corrected chi connectivity index (χ3v) is 4.06. The fourth-order valence-electron chi connectivity index (χ4n) is 2.17. The molecule has 0 saturated heterocycles. The van der Waals surface area contributed by atoms with Crippen LogP contribution in [-0.2, 0) is 18.1 Å². The van der Waals surface area contributed by atoms with E-state index in [2.05, 4.69) is 10.5 Å². The van der Waals surface area contributed by atoms with Crippen LogP contribution in [0.4, 0.5) is 17.6 Å². The zero-order valence-corrected chi connectivity index (χ0v) is 15.6. The van der Waals surface area contributed by atoms with Gasteiger partial charge in [0, 0.05) is 18.7 Å². The van der Waals surface area contributed by atoms with Crippen LogP contribution in [0.3, 0.4) is 0 Å². The minimum atomic E-state index is -4.93. The number of hydrogen-bond acceptors (Lipinski definition) is 5. The molecule has 0 saturated carbocycles. The molecule has 7 nitrogen and oxygen atoms in total. The van der Waals surface area contributed by atoms with E-state index in [0.29, 0.717) is 0 Å². The molecule has 28 heavy (non-hydrogen) atoms. The molecule has 0 aliphatic carbocycles. The molecule has 152 valence electrons. The second-order valence-electron chi connectivity index (χ2n) is 5.64. The van der Waals surface area contributed by atoms with E-state index in [4.69, 9.17) is 16.4 Å². The van der Waals surface area contributed by atoms with Crippen LogP contribution in [0.25, 0.3) is 5.69 Å². The van der Waals surface area contributed by atoms with Crippen LogP contribution in [0.1, 0.15) is 18.2 Å². The first kappa shape index (κ1) is 21.6. The number of oxime groups is 1. The lowest BCUT2D eigenvalue weighted by atomic mass is 10.2. The summed E-state index contributed by atoms with van der Waals surface area (Å²) in [6.07, 6.45) is -4.26. The zero-order valence-electron chi connectivity index (χ0n) is 14.8. The Morgan fingerprint density at radius 2 is 1.93 bits per heavy atom. The number of halogens is 5. The van der Waals surface area contributed by atoms with Crippen molar-refractivity contribution in [2.75, 3.05) is 7.05 Å². The molecule has 1 aromatic heterocycles. The van der Waals surface area contributed by atoms with E-state index >= 15 is 0 Å². The lowest BCUT2D eigenvalue weighted by molar-refractivity contribution is -0.144. The first-order chi connectivity index (χ1) is 13.0. The van der Waals surface area contributed by atoms with Crippen LogP contribution in [0, 0.1) is 5.82 Å². The van der Waals surface area contributed by atoms with Gasteiger partial charge in [0.2, 0.25) is 0 Å². The Hall–Kier alpha value is -2.66. The smallest absolute Gasteiger partial charge is 0.377 e. The van der Waals surface area contributed by atoms with Gasteiger partial charge in [-0.15, -0.1) is 0 Å². The van der Waals surface area contributed by atoms with E-state index in [-0.39, 0.29) is 25.8 Å². The molecule has 0 spiro atoms. The van der Waals surface area contributed by atoms with E-state index in [1.165, 1.54) is 0 Å². The average Bonchev–Trinajstić information content (AvgIpc) is 2.60. The van der Waals surface area contributed by atoms with Crippen molar-refractivity contribution in [3.63, 3.8) is 0 Å². The molecule has 2 aromatic rings. The molecule has 0 radical (unpaired) electrons. The SMILES string of the molecule is CNC(C)O/N=C/c1cc(-n2c(=O)cc(C(F)(F)F)n(C)c2=O)c(F)cc1Cl. The molecule has 1 heterocycles. The van der Waals surface area contributed by atoms with Gasteiger partial charge in [-0.3, -0.25) is 14.7 Å². The van der Waals surface area contributed by atoms with Crippen molar-refractivity contribution in [1.82, 2.24) is 14.5 Å². The van der Waals surface area contributed by atoms with Crippen LogP contribution < -0.4 is 16.6 Å². The number of nitrogens with zero attached hydrogens (tertiary/aromatic N) is 3. The quantitative estimate of drug-likeness (QED) is 0.347. The summed E-state index contributed by atoms with van der Waals surface area (Å²) >= 11 is 5.91. The summed E-state index contributed by atoms with van der Waals surface area (Å²) in [5.41, 5.74) is -4.67. The van der Waals surface area contributed by atoms with Crippen molar-refractivity contribution in [1.29, 1.82) is 0 Å². The number of alkyl halides is 3. The average molecular weight is 423 g/mol. The van der Waals surface area contributed by atoms with E-state index in [9.17, 15) is 27.2 Å². The van der Waals surface area contributed by atoms with Gasteiger partial charge in [-0.1, -0.05) is 16.8 Å². The maximum atomic E-state index is 14.3. The Balaban J connectivity index is 2.63. The molecule has 1 aromatic carbocycles. The van der Waals surface area contributed by atoms with Gasteiger partial charge in [-0.25, -0.2) is 13.8 Å². The molecular weight excluding hydrogens is 408 g/mol. The fraction of sp³-hybridized carbons (Fsp3) is 0.312. The molecule has 0 bridgehead atoms. The lowest BCUT2D eigenvalue weighted by Gasteiger charge is -2.14. The van der Waals surface area contributed by atoms with Crippen LogP contribution in [0.5, 0.6) is 0 Å². The van der Waals surface area contributed by atoms with Crippen LogP contribution >= 0.6 is 11.6 Å². The molecule has 1 unspecified atom stereocenters. The first-order valence-electron chi connectivity index (χ1n) is 7.73. The van der Waals surface area contributed by atoms with Crippen LogP contribution in [-0.4, -0.2) is 28.6 Å². The Bertz CT molecular complexity index is 1030. The topological polar surface area (TPSA) is 77.6 Å². The van der Waals surface area contributed by atoms with Gasteiger partial charge < -0.3 is 4.84 Å². The first-order valence-corrected chi connectivity index (χ1v) is 8.11. The number of hydrogen-bond donors (Lipinski definition) is 1. The summed E-state index contributed by atoms with van der Waals surface area (Å²) in [7, 11) is 2.44. The van der Waals surface area contributed by atoms with E-state index < -0.39 is 40.9 Å². The van der Waals surface area contributed by atoms with E-state index in [1.807, 2.05) is 0 Å². The molecule has 12 heteroatoms. The van der Waals surface area contributed by atoms with Gasteiger partial charge >= 0.3 is 11.9 Å². The minimum Gasteiger partial charge on any atom is -0.377 e. The summed E-state index contributed by atoms with van der Waals surface area (Å²) in [6.45, 7) is 1.65. The number of nitrogens with one attached hydrogen (secondary N) is 1. The predicted octanol–water partition coefficient (Wildman–Crippen LogP) is 2.26. The van der Waals surface area contributed by atoms with Crippen molar-refractivity contribution in [3.8, 4) is 5.69 Å². The molecule has 1 N–H and O–H groups in total. The second kappa shape index (κ2) is 8.15. The third kappa shape index (κ3) is 4.42. The standard InChI is InChI=1S/C16H15ClF4N4O3/c1-8(22-2)28-23-7-9-4-12(11(18)5-10(9)17)25-14(26)6-13(16(19,20)21)24(3)15(25)27/h4-8,22H,1-3H3/b23-7+. The van der Waals surface area contributed by atoms with Gasteiger partial charge in [0.25, 0.3) is 5.56 Å². The monoisotopic (exact) mass is 422 g/mol. The summed E-state index contributed by atoms with van der Waals surface area (Å²) in [5, 5.41) is 6.26. The highest BCUT2D eigenvalue weighted by atomic mass is 35.5. The number of benzene rings is 1. The summed E-state index contributed by atoms with van der Waals surface area (Å²) in [4.78, 5) is 29.4. The van der Waals surface area contributed by atoms with Crippen molar-refractivity contribution >= 4 is 17.8 Å². The van der Waals surface area contributed by atoms with Crippen molar-refractivity contribution < 1.29 is 22.4 Å². The lowest BCUT2D eigenvalue weighted by Crippen LogP contribution is -2.41. The Morgan fingerprint density at radius 1 is 1.29 bits per heavy atom.